The number of nitrogens with one attached hydrogen (secondary N) is 2. The fourth-order valence-corrected chi connectivity index (χ4v) is 1.88. The van der Waals surface area contributed by atoms with Crippen LogP contribution in [0.15, 0.2) is 24.3 Å². The number of anilines is 1. The molecule has 1 aromatic carbocycles. The number of hydrogen-bond acceptors (Lipinski definition) is 3. The van der Waals surface area contributed by atoms with Crippen LogP contribution < -0.4 is 10.6 Å². The van der Waals surface area contributed by atoms with Gasteiger partial charge >= 0.3 is 0 Å². The number of benzene rings is 1. The van der Waals surface area contributed by atoms with Crippen molar-refractivity contribution in [1.29, 1.82) is 0 Å². The highest BCUT2D eigenvalue weighted by Crippen LogP contribution is 2.16. The second kappa shape index (κ2) is 8.29. The standard InChI is InChI=1S/C16H25N3O2/c1-5-17-14-9-7-6-8-13(14)16(21)19(4)11-15(20)18-10-12(2)3/h6-9,12,17H,5,10-11H2,1-4H3,(H,18,20). The molecule has 0 saturated heterocycles. The average molecular weight is 291 g/mol. The van der Waals surface area contributed by atoms with E-state index in [9.17, 15) is 9.59 Å². The van der Waals surface area contributed by atoms with Gasteiger partial charge in [-0.15, -0.1) is 0 Å². The molecule has 0 aliphatic carbocycles. The first-order valence-corrected chi connectivity index (χ1v) is 7.30. The van der Waals surface area contributed by atoms with Crippen molar-refractivity contribution in [3.8, 4) is 0 Å². The molecule has 5 heteroatoms. The zero-order valence-corrected chi connectivity index (χ0v) is 13.3. The summed E-state index contributed by atoms with van der Waals surface area (Å²) in [6, 6.07) is 7.33. The van der Waals surface area contributed by atoms with E-state index in [4.69, 9.17) is 0 Å². The van der Waals surface area contributed by atoms with Gasteiger partial charge in [0.2, 0.25) is 5.91 Å². The number of para-hydroxylation sites is 1. The molecule has 2 amide bonds. The van der Waals surface area contributed by atoms with Crippen molar-refractivity contribution in [1.82, 2.24) is 10.2 Å². The summed E-state index contributed by atoms with van der Waals surface area (Å²) < 4.78 is 0. The molecule has 0 unspecified atom stereocenters. The number of amides is 2. The Hall–Kier alpha value is -2.04. The first-order valence-electron chi connectivity index (χ1n) is 7.30. The Morgan fingerprint density at radius 1 is 1.24 bits per heavy atom. The van der Waals surface area contributed by atoms with Gasteiger partial charge in [-0.25, -0.2) is 0 Å². The largest absolute Gasteiger partial charge is 0.385 e. The first kappa shape index (κ1) is 17.0. The van der Waals surface area contributed by atoms with Crippen LogP contribution >= 0.6 is 0 Å². The molecule has 0 atom stereocenters. The van der Waals surface area contributed by atoms with Crippen LogP contribution in [-0.4, -0.2) is 43.4 Å². The van der Waals surface area contributed by atoms with E-state index in [2.05, 4.69) is 10.6 Å². The van der Waals surface area contributed by atoms with E-state index >= 15 is 0 Å². The van der Waals surface area contributed by atoms with Crippen LogP contribution in [0.1, 0.15) is 31.1 Å². The predicted molar refractivity (Wildman–Crippen MR) is 85.4 cm³/mol. The van der Waals surface area contributed by atoms with E-state index in [1.807, 2.05) is 39.0 Å². The molecule has 2 N–H and O–H groups in total. The van der Waals surface area contributed by atoms with Crippen molar-refractivity contribution >= 4 is 17.5 Å². The van der Waals surface area contributed by atoms with Crippen LogP contribution in [0, 0.1) is 5.92 Å². The van der Waals surface area contributed by atoms with Gasteiger partial charge in [-0.1, -0.05) is 26.0 Å². The van der Waals surface area contributed by atoms with Gasteiger partial charge in [0.25, 0.3) is 5.91 Å². The molecule has 0 aliphatic heterocycles. The van der Waals surface area contributed by atoms with Crippen LogP contribution in [0.2, 0.25) is 0 Å². The van der Waals surface area contributed by atoms with E-state index < -0.39 is 0 Å². The van der Waals surface area contributed by atoms with Crippen LogP contribution in [0.3, 0.4) is 0 Å². The third-order valence-electron chi connectivity index (χ3n) is 2.96. The number of carbonyl (C=O) groups excluding carboxylic acids is 2. The Morgan fingerprint density at radius 3 is 2.52 bits per heavy atom. The minimum Gasteiger partial charge on any atom is -0.385 e. The smallest absolute Gasteiger partial charge is 0.256 e. The number of nitrogens with zero attached hydrogens (tertiary/aromatic N) is 1. The molecular formula is C16H25N3O2. The van der Waals surface area contributed by atoms with Crippen molar-refractivity contribution in [2.75, 3.05) is 32.0 Å². The van der Waals surface area contributed by atoms with Gasteiger partial charge in [0, 0.05) is 25.8 Å². The summed E-state index contributed by atoms with van der Waals surface area (Å²) in [6.07, 6.45) is 0. The molecule has 5 nitrogen and oxygen atoms in total. The van der Waals surface area contributed by atoms with Crippen LogP contribution in [0.5, 0.6) is 0 Å². The molecule has 0 fully saturated rings. The Bertz CT molecular complexity index is 486. The maximum absolute atomic E-state index is 12.4. The molecule has 1 rings (SSSR count). The maximum atomic E-state index is 12.4. The molecule has 0 heterocycles. The molecule has 0 radical (unpaired) electrons. The lowest BCUT2D eigenvalue weighted by Crippen LogP contribution is -2.39. The molecule has 0 aromatic heterocycles. The molecule has 21 heavy (non-hydrogen) atoms. The number of hydrogen-bond donors (Lipinski definition) is 2. The normalized spacial score (nSPS) is 10.3. The van der Waals surface area contributed by atoms with Gasteiger partial charge in [-0.2, -0.15) is 0 Å². The molecule has 0 saturated carbocycles. The molecule has 116 valence electrons. The van der Waals surface area contributed by atoms with E-state index in [-0.39, 0.29) is 18.4 Å². The lowest BCUT2D eigenvalue weighted by atomic mass is 10.1. The fourth-order valence-electron chi connectivity index (χ4n) is 1.88. The molecular weight excluding hydrogens is 266 g/mol. The lowest BCUT2D eigenvalue weighted by molar-refractivity contribution is -0.121. The van der Waals surface area contributed by atoms with E-state index in [1.165, 1.54) is 4.90 Å². The molecule has 1 aromatic rings. The summed E-state index contributed by atoms with van der Waals surface area (Å²) in [5, 5.41) is 5.97. The van der Waals surface area contributed by atoms with Crippen molar-refractivity contribution < 1.29 is 9.59 Å². The van der Waals surface area contributed by atoms with E-state index in [1.54, 1.807) is 13.1 Å². The Labute approximate surface area is 126 Å². The summed E-state index contributed by atoms with van der Waals surface area (Å²) >= 11 is 0. The summed E-state index contributed by atoms with van der Waals surface area (Å²) in [7, 11) is 1.64. The molecule has 0 bridgehead atoms. The number of rotatable bonds is 7. The monoisotopic (exact) mass is 291 g/mol. The van der Waals surface area contributed by atoms with Gasteiger partial charge in [0.15, 0.2) is 0 Å². The van der Waals surface area contributed by atoms with Crippen LogP contribution in [-0.2, 0) is 4.79 Å². The fraction of sp³-hybridized carbons (Fsp3) is 0.500. The first-order chi connectivity index (χ1) is 9.95. The van der Waals surface area contributed by atoms with Gasteiger partial charge in [-0.3, -0.25) is 9.59 Å². The van der Waals surface area contributed by atoms with Gasteiger partial charge in [0.05, 0.1) is 12.1 Å². The van der Waals surface area contributed by atoms with Gasteiger partial charge in [0.1, 0.15) is 0 Å². The third kappa shape index (κ3) is 5.45. The summed E-state index contributed by atoms with van der Waals surface area (Å²) in [5.74, 6) is 0.0937. The summed E-state index contributed by atoms with van der Waals surface area (Å²) in [6.45, 7) is 7.46. The number of carbonyl (C=O) groups is 2. The Morgan fingerprint density at radius 2 is 1.90 bits per heavy atom. The van der Waals surface area contributed by atoms with E-state index in [0.29, 0.717) is 18.0 Å². The van der Waals surface area contributed by atoms with Crippen molar-refractivity contribution in [2.24, 2.45) is 5.92 Å². The SMILES string of the molecule is CCNc1ccccc1C(=O)N(C)CC(=O)NCC(C)C. The third-order valence-corrected chi connectivity index (χ3v) is 2.96. The predicted octanol–water partition coefficient (Wildman–Crippen LogP) is 1.96. The topological polar surface area (TPSA) is 61.4 Å². The van der Waals surface area contributed by atoms with Gasteiger partial charge in [-0.05, 0) is 25.0 Å². The minimum absolute atomic E-state index is 0.0615. The summed E-state index contributed by atoms with van der Waals surface area (Å²) in [5.41, 5.74) is 1.37. The molecule has 0 spiro atoms. The number of likely N-dealkylation sites (N-methyl/N-ethyl adjacent to an activating group) is 1. The summed E-state index contributed by atoms with van der Waals surface area (Å²) in [4.78, 5) is 25.6. The zero-order chi connectivity index (χ0) is 15.8. The van der Waals surface area contributed by atoms with Crippen molar-refractivity contribution in [3.63, 3.8) is 0 Å². The van der Waals surface area contributed by atoms with E-state index in [0.717, 1.165) is 12.2 Å². The minimum atomic E-state index is -0.161. The highest BCUT2D eigenvalue weighted by atomic mass is 16.2. The Balaban J connectivity index is 2.68. The highest BCUT2D eigenvalue weighted by Gasteiger charge is 2.17. The lowest BCUT2D eigenvalue weighted by Gasteiger charge is -2.19. The quantitative estimate of drug-likeness (QED) is 0.807. The maximum Gasteiger partial charge on any atom is 0.256 e. The highest BCUT2D eigenvalue weighted by molar-refractivity contribution is 6.00. The molecule has 0 aliphatic rings. The second-order valence-electron chi connectivity index (χ2n) is 5.44. The Kier molecular flexibility index (Phi) is 6.72. The van der Waals surface area contributed by atoms with Crippen molar-refractivity contribution in [3.05, 3.63) is 29.8 Å². The van der Waals surface area contributed by atoms with Crippen molar-refractivity contribution in [2.45, 2.75) is 20.8 Å². The average Bonchev–Trinajstić information content (AvgIpc) is 2.45. The van der Waals surface area contributed by atoms with Crippen LogP contribution in [0.25, 0.3) is 0 Å². The van der Waals surface area contributed by atoms with Gasteiger partial charge < -0.3 is 15.5 Å². The van der Waals surface area contributed by atoms with Crippen LogP contribution in [0.4, 0.5) is 5.69 Å². The second-order valence-corrected chi connectivity index (χ2v) is 5.44. The zero-order valence-electron chi connectivity index (χ0n) is 13.3.